The first-order chi connectivity index (χ1) is 45.9. The van der Waals surface area contributed by atoms with E-state index in [0.717, 1.165) is 71.0 Å². The fourth-order valence-corrected chi connectivity index (χ4v) is 11.3. The first-order valence-corrected chi connectivity index (χ1v) is 40.2. The Kier molecular flexibility index (Phi) is 80.9. The van der Waals surface area contributed by atoms with Crippen LogP contribution in [0.2, 0.25) is 0 Å². The maximum atomic E-state index is 12.4. The average molecular weight is 1290 g/mol. The molecule has 0 aliphatic heterocycles. The molecular formula is C88H156N2O3. The van der Waals surface area contributed by atoms with Gasteiger partial charge < -0.3 is 14.4 Å². The van der Waals surface area contributed by atoms with Gasteiger partial charge in [-0.3, -0.25) is 9.69 Å². The van der Waals surface area contributed by atoms with E-state index in [4.69, 9.17) is 9.47 Å². The molecule has 0 atom stereocenters. The van der Waals surface area contributed by atoms with E-state index in [1.807, 2.05) is 14.1 Å². The standard InChI is InChI=1S/C45H81NO.C43H75NO2/c1-5-9-11-13-15-17-19-21-23-25-27-29-31-33-35-37-41-45(47-44-40-39-43-46(7-3)8-4)42-38-36-34-32-30-28-26-24-22-20-18-16-14-12-10-6-2;1-5-7-9-11-13-15-17-19-21-23-25-27-29-31-33-35-38-42(46-43(45)40-37-41-44(3)4)39-36-34-32-30-28-26-24-22-20-18-16-14-12-10-8-6-2/h15-18,21-24,45H,5-14,19-20,25-38,41-44H2,1-4H3;13-16,19-22,42H,5-12,17-18,23-36,38-40H2,1-4H3/b17-15-,18-16-,23-21-,24-22-;15-13-,16-14-,21-19-,22-20-. The molecular weight excluding hydrogens is 1130 g/mol. The highest BCUT2D eigenvalue weighted by atomic mass is 16.5. The Balaban J connectivity index is 0. The minimum atomic E-state index is -0.167. The van der Waals surface area contributed by atoms with Gasteiger partial charge in [0.1, 0.15) is 19.1 Å². The number of hydrogen-bond donors (Lipinski definition) is 0. The van der Waals surface area contributed by atoms with E-state index < -0.39 is 0 Å². The van der Waals surface area contributed by atoms with Crippen LogP contribution >= 0.6 is 0 Å². The van der Waals surface area contributed by atoms with Gasteiger partial charge >= 0.3 is 5.97 Å². The molecule has 5 heteroatoms. The fraction of sp³-hybridized carbons (Fsp3) is 0.761. The SMILES string of the molecule is CCCCC/C=C\C/C=C\CCCCCCCCC(CCCCCCCC/C=C\C/C=C\CCCCC)OC(=O)CC#CN(C)C.CCCCC/C=C\C/C=C\CCCCCCCCC(CCCCCCCC/C=C\C/C=C\CCCCC)OCC#CCN(CC)CC. The third-order valence-electron chi connectivity index (χ3n) is 17.5. The number of ether oxygens (including phenoxy) is 2. The van der Waals surface area contributed by atoms with Gasteiger partial charge in [0.25, 0.3) is 0 Å². The Hall–Kier alpha value is -3.77. The molecule has 0 aromatic heterocycles. The van der Waals surface area contributed by atoms with Crippen LogP contribution in [-0.2, 0) is 14.3 Å². The fourth-order valence-electron chi connectivity index (χ4n) is 11.3. The van der Waals surface area contributed by atoms with Gasteiger partial charge in [0, 0.05) is 20.1 Å². The van der Waals surface area contributed by atoms with Crippen molar-refractivity contribution in [3.8, 4) is 23.8 Å². The summed E-state index contributed by atoms with van der Waals surface area (Å²) in [6.07, 6.45) is 104. The Morgan fingerprint density at radius 1 is 0.323 bits per heavy atom. The second kappa shape index (κ2) is 82.5. The van der Waals surface area contributed by atoms with Crippen molar-refractivity contribution in [2.24, 2.45) is 0 Å². The number of nitrogens with zero attached hydrogens (tertiary/aromatic N) is 2. The van der Waals surface area contributed by atoms with E-state index in [0.29, 0.717) is 12.7 Å². The second-order valence-electron chi connectivity index (χ2n) is 26.7. The topological polar surface area (TPSA) is 42.0 Å². The third-order valence-corrected chi connectivity index (χ3v) is 17.5. The predicted molar refractivity (Wildman–Crippen MR) is 417 cm³/mol. The quantitative estimate of drug-likeness (QED) is 0.0200. The zero-order valence-corrected chi connectivity index (χ0v) is 63.3. The lowest BCUT2D eigenvalue weighted by Crippen LogP contribution is -2.23. The average Bonchev–Trinajstić information content (AvgIpc) is 3.60. The number of esters is 1. The molecule has 0 amide bonds. The Labute approximate surface area is 582 Å². The summed E-state index contributed by atoms with van der Waals surface area (Å²) in [5.74, 6) is 9.38. The molecule has 93 heavy (non-hydrogen) atoms. The molecule has 0 radical (unpaired) electrons. The number of rotatable bonds is 67. The van der Waals surface area contributed by atoms with Crippen LogP contribution < -0.4 is 0 Å². The van der Waals surface area contributed by atoms with E-state index in [-0.39, 0.29) is 18.5 Å². The zero-order chi connectivity index (χ0) is 67.7. The van der Waals surface area contributed by atoms with Crippen LogP contribution in [0.4, 0.5) is 0 Å². The molecule has 0 rings (SSSR count). The Morgan fingerprint density at radius 2 is 0.591 bits per heavy atom. The van der Waals surface area contributed by atoms with E-state index in [1.165, 1.54) is 283 Å². The van der Waals surface area contributed by atoms with Gasteiger partial charge in [0.05, 0.1) is 12.6 Å². The second-order valence-corrected chi connectivity index (χ2v) is 26.7. The minimum absolute atomic E-state index is 0.0466. The van der Waals surface area contributed by atoms with Gasteiger partial charge in [-0.1, -0.05) is 323 Å². The number of carbonyl (C=O) groups is 1. The summed E-state index contributed by atoms with van der Waals surface area (Å²) in [4.78, 5) is 16.6. The van der Waals surface area contributed by atoms with Gasteiger partial charge in [-0.2, -0.15) is 0 Å². The first kappa shape index (κ1) is 91.3. The highest BCUT2D eigenvalue weighted by Crippen LogP contribution is 2.20. The van der Waals surface area contributed by atoms with E-state index in [2.05, 4.69) is 167 Å². The summed E-state index contributed by atoms with van der Waals surface area (Å²) in [7, 11) is 3.77. The molecule has 0 saturated heterocycles. The monoisotopic (exact) mass is 1290 g/mol. The maximum absolute atomic E-state index is 12.4. The van der Waals surface area contributed by atoms with Crippen molar-refractivity contribution >= 4 is 5.97 Å². The van der Waals surface area contributed by atoms with Gasteiger partial charge in [0.2, 0.25) is 0 Å². The number of carbonyl (C=O) groups excluding carboxylic acids is 1. The van der Waals surface area contributed by atoms with Crippen molar-refractivity contribution in [1.82, 2.24) is 9.80 Å². The van der Waals surface area contributed by atoms with Crippen molar-refractivity contribution in [3.63, 3.8) is 0 Å². The van der Waals surface area contributed by atoms with Crippen LogP contribution in [0.25, 0.3) is 0 Å². The Bertz CT molecular complexity index is 1780. The summed E-state index contributed by atoms with van der Waals surface area (Å²) in [5, 5.41) is 0. The molecule has 0 spiro atoms. The van der Waals surface area contributed by atoms with Crippen LogP contribution in [0.1, 0.15) is 382 Å². The molecule has 5 nitrogen and oxygen atoms in total. The Morgan fingerprint density at radius 3 is 0.871 bits per heavy atom. The molecule has 0 aliphatic carbocycles. The van der Waals surface area contributed by atoms with Gasteiger partial charge in [0.15, 0.2) is 0 Å². The summed E-state index contributed by atoms with van der Waals surface area (Å²) in [5.41, 5.74) is 0. The zero-order valence-electron chi connectivity index (χ0n) is 63.3. The first-order valence-electron chi connectivity index (χ1n) is 40.2. The van der Waals surface area contributed by atoms with Crippen molar-refractivity contribution in [2.75, 3.05) is 40.3 Å². The molecule has 0 heterocycles. The summed E-state index contributed by atoms with van der Waals surface area (Å²) in [6, 6.07) is 2.92. The third kappa shape index (κ3) is 80.6. The molecule has 0 saturated carbocycles. The van der Waals surface area contributed by atoms with Crippen LogP contribution in [0.15, 0.2) is 97.2 Å². The largest absolute Gasteiger partial charge is 0.462 e. The normalized spacial score (nSPS) is 12.0. The molecule has 0 unspecified atom stereocenters. The smallest absolute Gasteiger partial charge is 0.318 e. The molecule has 0 bridgehead atoms. The van der Waals surface area contributed by atoms with Crippen LogP contribution in [0.3, 0.4) is 0 Å². The van der Waals surface area contributed by atoms with Gasteiger partial charge in [-0.15, -0.1) is 0 Å². The van der Waals surface area contributed by atoms with E-state index in [9.17, 15) is 4.79 Å². The lowest BCUT2D eigenvalue weighted by molar-refractivity contribution is -0.148. The molecule has 0 aromatic carbocycles. The maximum Gasteiger partial charge on any atom is 0.318 e. The van der Waals surface area contributed by atoms with E-state index >= 15 is 0 Å². The number of unbranched alkanes of at least 4 members (excludes halogenated alkanes) is 36. The molecule has 536 valence electrons. The highest BCUT2D eigenvalue weighted by molar-refractivity contribution is 5.72. The minimum Gasteiger partial charge on any atom is -0.462 e. The van der Waals surface area contributed by atoms with Crippen molar-refractivity contribution < 1.29 is 14.3 Å². The van der Waals surface area contributed by atoms with Crippen LogP contribution in [0.5, 0.6) is 0 Å². The number of allylic oxidation sites excluding steroid dienone is 16. The van der Waals surface area contributed by atoms with Crippen LogP contribution in [-0.4, -0.2) is 68.3 Å². The highest BCUT2D eigenvalue weighted by Gasteiger charge is 2.14. The van der Waals surface area contributed by atoms with Crippen LogP contribution in [0, 0.1) is 23.8 Å². The van der Waals surface area contributed by atoms with Crippen molar-refractivity contribution in [2.45, 2.75) is 394 Å². The summed E-state index contributed by atoms with van der Waals surface area (Å²) < 4.78 is 12.2. The van der Waals surface area contributed by atoms with Gasteiger partial charge in [-0.05, 0) is 180 Å². The summed E-state index contributed by atoms with van der Waals surface area (Å²) >= 11 is 0. The molecule has 0 aliphatic rings. The number of hydrogen-bond acceptors (Lipinski definition) is 5. The van der Waals surface area contributed by atoms with Gasteiger partial charge in [-0.25, -0.2) is 0 Å². The molecule has 0 fully saturated rings. The van der Waals surface area contributed by atoms with E-state index in [1.54, 1.807) is 4.90 Å². The van der Waals surface area contributed by atoms with Crippen molar-refractivity contribution in [1.29, 1.82) is 0 Å². The predicted octanol–water partition coefficient (Wildman–Crippen LogP) is 27.3. The molecule has 0 N–H and O–H groups in total. The van der Waals surface area contributed by atoms with Crippen molar-refractivity contribution in [3.05, 3.63) is 97.2 Å². The molecule has 0 aromatic rings. The lowest BCUT2D eigenvalue weighted by Gasteiger charge is -2.17. The lowest BCUT2D eigenvalue weighted by atomic mass is 10.0. The summed E-state index contributed by atoms with van der Waals surface area (Å²) in [6.45, 7) is 17.0.